The summed E-state index contributed by atoms with van der Waals surface area (Å²) in [6, 6.07) is 7.01. The van der Waals surface area contributed by atoms with Gasteiger partial charge in [0.15, 0.2) is 0 Å². The fourth-order valence-corrected chi connectivity index (χ4v) is 4.85. The second-order valence-electron chi connectivity index (χ2n) is 8.92. The summed E-state index contributed by atoms with van der Waals surface area (Å²) in [5, 5.41) is 9.24. The molecule has 9 heteroatoms. The van der Waals surface area contributed by atoms with E-state index in [2.05, 4.69) is 9.88 Å². The molecule has 2 saturated heterocycles. The number of likely N-dealkylation sites (tertiary alicyclic amines) is 2. The van der Waals surface area contributed by atoms with E-state index in [4.69, 9.17) is 4.74 Å². The number of aliphatic hydroxyl groups is 1. The molecule has 34 heavy (non-hydrogen) atoms. The average molecular weight is 478 g/mol. The highest BCUT2D eigenvalue weighted by Gasteiger charge is 2.32. The highest BCUT2D eigenvalue weighted by Crippen LogP contribution is 2.34. The highest BCUT2D eigenvalue weighted by molar-refractivity contribution is 5.98. The third-order valence-corrected chi connectivity index (χ3v) is 6.62. The van der Waals surface area contributed by atoms with Crippen molar-refractivity contribution in [3.63, 3.8) is 0 Å². The maximum Gasteiger partial charge on any atom is 0.416 e. The number of benzene rings is 1. The molecule has 6 nitrogen and oxygen atoms in total. The topological polar surface area (TPSA) is 65.9 Å². The van der Waals surface area contributed by atoms with Gasteiger partial charge in [-0.3, -0.25) is 4.79 Å². The van der Waals surface area contributed by atoms with E-state index < -0.39 is 11.7 Å². The van der Waals surface area contributed by atoms with Crippen LogP contribution in [0.2, 0.25) is 0 Å². The zero-order valence-corrected chi connectivity index (χ0v) is 19.3. The maximum atomic E-state index is 13.4. The number of amides is 1. The molecule has 0 radical (unpaired) electrons. The molecule has 1 amide bonds. The van der Waals surface area contributed by atoms with Gasteiger partial charge in [-0.05, 0) is 69.5 Å². The first kappa shape index (κ1) is 24.5. The number of rotatable bonds is 6. The molecule has 2 aromatic rings. The number of piperidine rings is 1. The van der Waals surface area contributed by atoms with Crippen molar-refractivity contribution < 1.29 is 27.8 Å². The quantitative estimate of drug-likeness (QED) is 0.677. The molecule has 3 heterocycles. The van der Waals surface area contributed by atoms with Crippen LogP contribution in [0.5, 0.6) is 5.88 Å². The third kappa shape index (κ3) is 5.36. The number of alkyl halides is 3. The van der Waals surface area contributed by atoms with Gasteiger partial charge < -0.3 is 19.6 Å². The van der Waals surface area contributed by atoms with E-state index in [0.29, 0.717) is 30.3 Å². The fraction of sp³-hybridized carbons (Fsp3) is 0.520. The highest BCUT2D eigenvalue weighted by atomic mass is 19.4. The summed E-state index contributed by atoms with van der Waals surface area (Å²) in [5.41, 5.74) is 0.646. The number of aromatic nitrogens is 1. The van der Waals surface area contributed by atoms with Crippen molar-refractivity contribution in [1.82, 2.24) is 14.8 Å². The summed E-state index contributed by atoms with van der Waals surface area (Å²) in [6.07, 6.45) is -0.194. The van der Waals surface area contributed by atoms with Crippen LogP contribution in [0.25, 0.3) is 11.3 Å². The van der Waals surface area contributed by atoms with Gasteiger partial charge >= 0.3 is 6.18 Å². The predicted octanol–water partition coefficient (Wildman–Crippen LogP) is 4.15. The molecule has 1 aromatic heterocycles. The van der Waals surface area contributed by atoms with Gasteiger partial charge in [-0.15, -0.1) is 0 Å². The Balaban J connectivity index is 1.59. The molecular weight excluding hydrogens is 447 g/mol. The first-order valence-electron chi connectivity index (χ1n) is 11.7. The molecule has 0 spiro atoms. The molecule has 1 aromatic carbocycles. The van der Waals surface area contributed by atoms with E-state index in [1.165, 1.54) is 25.0 Å². The Bertz CT molecular complexity index is 1010. The zero-order valence-electron chi connectivity index (χ0n) is 19.3. The number of carbonyl (C=O) groups excluding carboxylic acids is 1. The summed E-state index contributed by atoms with van der Waals surface area (Å²) >= 11 is 0. The Kier molecular flexibility index (Phi) is 7.42. The van der Waals surface area contributed by atoms with Gasteiger partial charge in [0.25, 0.3) is 5.91 Å². The second-order valence-corrected chi connectivity index (χ2v) is 8.92. The van der Waals surface area contributed by atoms with Crippen LogP contribution < -0.4 is 4.74 Å². The van der Waals surface area contributed by atoms with Crippen LogP contribution in [-0.4, -0.2) is 71.2 Å². The van der Waals surface area contributed by atoms with Gasteiger partial charge in [0.1, 0.15) is 12.2 Å². The SMILES string of the molecule is Cc1cc(-c2cccc(C(F)(F)F)c2)nc(OCCO)c1C(=O)N1CCC(N2CCCC2)CC1. The normalized spacial score (nSPS) is 17.9. The number of ether oxygens (including phenoxy) is 1. The molecule has 2 fully saturated rings. The van der Waals surface area contributed by atoms with Crippen molar-refractivity contribution >= 4 is 5.91 Å². The minimum atomic E-state index is -4.47. The molecule has 0 saturated carbocycles. The zero-order chi connectivity index (χ0) is 24.3. The third-order valence-electron chi connectivity index (χ3n) is 6.62. The maximum absolute atomic E-state index is 13.4. The van der Waals surface area contributed by atoms with Crippen LogP contribution in [0, 0.1) is 6.92 Å². The molecule has 0 bridgehead atoms. The van der Waals surface area contributed by atoms with Crippen molar-refractivity contribution in [2.75, 3.05) is 39.4 Å². The van der Waals surface area contributed by atoms with Crippen LogP contribution in [0.15, 0.2) is 30.3 Å². The summed E-state index contributed by atoms with van der Waals surface area (Å²) < 4.78 is 45.2. The van der Waals surface area contributed by atoms with Crippen LogP contribution in [0.4, 0.5) is 13.2 Å². The number of hydrogen-bond acceptors (Lipinski definition) is 5. The Hall–Kier alpha value is -2.65. The lowest BCUT2D eigenvalue weighted by Gasteiger charge is -2.37. The molecule has 1 N–H and O–H groups in total. The van der Waals surface area contributed by atoms with Crippen LogP contribution >= 0.6 is 0 Å². The summed E-state index contributed by atoms with van der Waals surface area (Å²) in [6.45, 7) is 4.89. The molecule has 0 unspecified atom stereocenters. The summed E-state index contributed by atoms with van der Waals surface area (Å²) in [4.78, 5) is 22.2. The van der Waals surface area contributed by atoms with Gasteiger partial charge in [-0.2, -0.15) is 13.2 Å². The fourth-order valence-electron chi connectivity index (χ4n) is 4.85. The molecule has 0 atom stereocenters. The largest absolute Gasteiger partial charge is 0.475 e. The van der Waals surface area contributed by atoms with E-state index >= 15 is 0 Å². The van der Waals surface area contributed by atoms with Crippen LogP contribution in [0.1, 0.15) is 47.2 Å². The monoisotopic (exact) mass is 477 g/mol. The first-order chi connectivity index (χ1) is 16.3. The lowest BCUT2D eigenvalue weighted by atomic mass is 10.00. The van der Waals surface area contributed by atoms with Crippen molar-refractivity contribution in [2.24, 2.45) is 0 Å². The number of aryl methyl sites for hydroxylation is 1. The molecule has 184 valence electrons. The molecule has 2 aliphatic rings. The van der Waals surface area contributed by atoms with Crippen molar-refractivity contribution in [3.8, 4) is 17.1 Å². The van der Waals surface area contributed by atoms with Crippen LogP contribution in [0.3, 0.4) is 0 Å². The van der Waals surface area contributed by atoms with E-state index in [-0.39, 0.29) is 36.3 Å². The van der Waals surface area contributed by atoms with E-state index in [1.807, 2.05) is 0 Å². The lowest BCUT2D eigenvalue weighted by molar-refractivity contribution is -0.137. The average Bonchev–Trinajstić information content (AvgIpc) is 3.37. The lowest BCUT2D eigenvalue weighted by Crippen LogP contribution is -2.46. The van der Waals surface area contributed by atoms with Gasteiger partial charge in [0.05, 0.1) is 17.9 Å². The van der Waals surface area contributed by atoms with Gasteiger partial charge in [-0.1, -0.05) is 12.1 Å². The van der Waals surface area contributed by atoms with Gasteiger partial charge in [-0.25, -0.2) is 4.98 Å². The summed E-state index contributed by atoms with van der Waals surface area (Å²) in [5.74, 6) is -0.165. The van der Waals surface area contributed by atoms with E-state index in [0.717, 1.165) is 38.1 Å². The number of pyridine rings is 1. The van der Waals surface area contributed by atoms with Crippen molar-refractivity contribution in [3.05, 3.63) is 47.0 Å². The Morgan fingerprint density at radius 3 is 2.50 bits per heavy atom. The number of aliphatic hydroxyl groups excluding tert-OH is 1. The Morgan fingerprint density at radius 1 is 1.15 bits per heavy atom. The molecule has 4 rings (SSSR count). The van der Waals surface area contributed by atoms with E-state index in [1.54, 1.807) is 17.9 Å². The molecule has 0 aliphatic carbocycles. The van der Waals surface area contributed by atoms with Crippen molar-refractivity contribution in [1.29, 1.82) is 0 Å². The number of halogens is 3. The van der Waals surface area contributed by atoms with Crippen molar-refractivity contribution in [2.45, 2.75) is 44.8 Å². The first-order valence-corrected chi connectivity index (χ1v) is 11.7. The smallest absolute Gasteiger partial charge is 0.416 e. The molecule has 2 aliphatic heterocycles. The van der Waals surface area contributed by atoms with Gasteiger partial charge in [0.2, 0.25) is 5.88 Å². The number of carbonyl (C=O) groups is 1. The molecular formula is C25H30F3N3O3. The number of hydrogen-bond donors (Lipinski definition) is 1. The van der Waals surface area contributed by atoms with E-state index in [9.17, 15) is 23.1 Å². The number of nitrogens with zero attached hydrogens (tertiary/aromatic N) is 3. The van der Waals surface area contributed by atoms with Crippen LogP contribution in [-0.2, 0) is 6.18 Å². The minimum Gasteiger partial charge on any atom is -0.475 e. The standard InChI is InChI=1S/C25H30F3N3O3/c1-17-15-21(18-5-4-6-19(16-18)25(26,27)28)29-23(34-14-13-32)22(17)24(33)31-11-7-20(8-12-31)30-9-2-3-10-30/h4-6,15-16,20,32H,2-3,7-14H2,1H3. The second kappa shape index (κ2) is 10.3. The minimum absolute atomic E-state index is 0.0353. The Morgan fingerprint density at radius 2 is 1.85 bits per heavy atom. The Labute approximate surface area is 197 Å². The predicted molar refractivity (Wildman–Crippen MR) is 122 cm³/mol. The summed E-state index contributed by atoms with van der Waals surface area (Å²) in [7, 11) is 0. The van der Waals surface area contributed by atoms with Gasteiger partial charge in [0, 0.05) is 24.7 Å².